The first-order chi connectivity index (χ1) is 17.0. The van der Waals surface area contributed by atoms with E-state index in [1.54, 1.807) is 12.3 Å². The minimum atomic E-state index is -0.583. The topological polar surface area (TPSA) is 97.6 Å². The van der Waals surface area contributed by atoms with Gasteiger partial charge in [0, 0.05) is 29.9 Å². The molecular formula is C27H33FN4O3. The van der Waals surface area contributed by atoms with Crippen LogP contribution in [-0.2, 0) is 11.2 Å². The van der Waals surface area contributed by atoms with Crippen LogP contribution in [0.4, 0.5) is 4.39 Å². The van der Waals surface area contributed by atoms with Crippen LogP contribution in [0, 0.1) is 5.82 Å². The molecule has 8 heteroatoms. The third kappa shape index (κ3) is 4.76. The van der Waals surface area contributed by atoms with E-state index >= 15 is 0 Å². The van der Waals surface area contributed by atoms with Crippen molar-refractivity contribution in [3.63, 3.8) is 0 Å². The Bertz CT molecular complexity index is 1110. The van der Waals surface area contributed by atoms with E-state index in [4.69, 9.17) is 10.5 Å². The van der Waals surface area contributed by atoms with Crippen molar-refractivity contribution in [2.75, 3.05) is 19.6 Å². The summed E-state index contributed by atoms with van der Waals surface area (Å²) in [6, 6.07) is 4.85. The molecule has 186 valence electrons. The van der Waals surface area contributed by atoms with Crippen molar-refractivity contribution in [2.45, 2.75) is 69.4 Å². The number of nitrogens with one attached hydrogen (secondary N) is 1. The van der Waals surface area contributed by atoms with E-state index in [0.29, 0.717) is 24.1 Å². The lowest BCUT2D eigenvalue weighted by Gasteiger charge is -2.46. The van der Waals surface area contributed by atoms with Gasteiger partial charge in [-0.3, -0.25) is 19.5 Å². The fourth-order valence-electron chi connectivity index (χ4n) is 5.92. The summed E-state index contributed by atoms with van der Waals surface area (Å²) >= 11 is 0. The number of carbonyl (C=O) groups is 2. The Hall–Kier alpha value is -3.00. The van der Waals surface area contributed by atoms with Crippen molar-refractivity contribution in [3.05, 3.63) is 47.5 Å². The van der Waals surface area contributed by atoms with Gasteiger partial charge in [0.25, 0.3) is 0 Å². The minimum absolute atomic E-state index is 0.0918. The smallest absolute Gasteiger partial charge is 0.250 e. The van der Waals surface area contributed by atoms with E-state index in [1.807, 2.05) is 6.07 Å². The van der Waals surface area contributed by atoms with Crippen molar-refractivity contribution in [1.29, 1.82) is 0 Å². The number of likely N-dealkylation sites (tertiary alicyclic amines) is 1. The number of ether oxygens (including phenoxy) is 1. The average Bonchev–Trinajstić information content (AvgIpc) is 3.32. The molecule has 3 N–H and O–H groups in total. The highest BCUT2D eigenvalue weighted by molar-refractivity contribution is 5.93. The fourth-order valence-corrected chi connectivity index (χ4v) is 5.92. The number of nitrogens with zero attached hydrogens (tertiary/aromatic N) is 2. The van der Waals surface area contributed by atoms with E-state index < -0.39 is 17.3 Å². The van der Waals surface area contributed by atoms with Gasteiger partial charge in [-0.1, -0.05) is 25.7 Å². The lowest BCUT2D eigenvalue weighted by atomic mass is 9.78. The molecule has 0 bridgehead atoms. The molecule has 2 fully saturated rings. The largest absolute Gasteiger partial charge is 0.485 e. The standard InChI is InChI=1S/C27H33FN4O3/c28-23-14-18(20-12-21(25(29)33)16-30-15-20)11-19-13-22(35-24(19)23)17-31-26(34)27(7-3-1-4-8-27)32-9-5-2-6-10-32/h11-12,14-16,22H,1-10,13,17H2,(H2,29,33)(H,31,34)/t22-/m0/s1. The molecule has 1 aromatic carbocycles. The Kier molecular flexibility index (Phi) is 6.73. The van der Waals surface area contributed by atoms with Crippen molar-refractivity contribution in [2.24, 2.45) is 5.73 Å². The lowest BCUT2D eigenvalue weighted by Crippen LogP contribution is -2.61. The van der Waals surface area contributed by atoms with Crippen LogP contribution < -0.4 is 15.8 Å². The van der Waals surface area contributed by atoms with Crippen LogP contribution in [0.2, 0.25) is 0 Å². The molecule has 1 aromatic heterocycles. The van der Waals surface area contributed by atoms with Crippen LogP contribution in [0.5, 0.6) is 5.75 Å². The molecular weight excluding hydrogens is 447 g/mol. The van der Waals surface area contributed by atoms with Gasteiger partial charge in [0.15, 0.2) is 11.6 Å². The van der Waals surface area contributed by atoms with Crippen LogP contribution in [0.3, 0.4) is 0 Å². The van der Waals surface area contributed by atoms with Gasteiger partial charge in [-0.2, -0.15) is 0 Å². The number of carbonyl (C=O) groups excluding carboxylic acids is 2. The van der Waals surface area contributed by atoms with Gasteiger partial charge in [-0.25, -0.2) is 4.39 Å². The highest BCUT2D eigenvalue weighted by Gasteiger charge is 2.45. The van der Waals surface area contributed by atoms with Gasteiger partial charge in [-0.15, -0.1) is 0 Å². The fraction of sp³-hybridized carbons (Fsp3) is 0.519. The first-order valence-corrected chi connectivity index (χ1v) is 12.7. The highest BCUT2D eigenvalue weighted by Crippen LogP contribution is 2.37. The van der Waals surface area contributed by atoms with Crippen molar-refractivity contribution in [3.8, 4) is 16.9 Å². The normalized spacial score (nSPS) is 21.7. The zero-order chi connectivity index (χ0) is 24.4. The van der Waals surface area contributed by atoms with Crippen LogP contribution in [-0.4, -0.2) is 53.0 Å². The predicted octanol–water partition coefficient (Wildman–Crippen LogP) is 3.60. The van der Waals surface area contributed by atoms with E-state index in [1.165, 1.54) is 25.1 Å². The van der Waals surface area contributed by atoms with Crippen molar-refractivity contribution >= 4 is 11.8 Å². The third-order valence-corrected chi connectivity index (χ3v) is 7.76. The number of hydrogen-bond acceptors (Lipinski definition) is 5. The number of rotatable bonds is 6. The van der Waals surface area contributed by atoms with Gasteiger partial charge in [0.2, 0.25) is 11.8 Å². The Morgan fingerprint density at radius 3 is 2.54 bits per heavy atom. The SMILES string of the molecule is NC(=O)c1cncc(-c2cc(F)c3c(c2)C[C@@H](CNC(=O)C2(N4CCCCC4)CCCCC2)O3)c1. The molecule has 0 spiro atoms. The number of amides is 2. The summed E-state index contributed by atoms with van der Waals surface area (Å²) in [5.74, 6) is -0.724. The molecule has 35 heavy (non-hydrogen) atoms. The molecule has 1 saturated carbocycles. The zero-order valence-corrected chi connectivity index (χ0v) is 20.0. The molecule has 2 aliphatic heterocycles. The van der Waals surface area contributed by atoms with E-state index in [9.17, 15) is 14.0 Å². The first kappa shape index (κ1) is 23.7. The number of hydrogen-bond donors (Lipinski definition) is 2. The van der Waals surface area contributed by atoms with Gasteiger partial charge < -0.3 is 15.8 Å². The number of aromatic nitrogens is 1. The molecule has 3 aliphatic rings. The maximum absolute atomic E-state index is 14.9. The monoisotopic (exact) mass is 480 g/mol. The second kappa shape index (κ2) is 9.93. The van der Waals surface area contributed by atoms with Gasteiger partial charge in [0.1, 0.15) is 11.6 Å². The Labute approximate surface area is 205 Å². The van der Waals surface area contributed by atoms with Crippen LogP contribution in [0.25, 0.3) is 11.1 Å². The maximum Gasteiger partial charge on any atom is 0.250 e. The Morgan fingerprint density at radius 2 is 1.80 bits per heavy atom. The van der Waals surface area contributed by atoms with Crippen molar-refractivity contribution < 1.29 is 18.7 Å². The molecule has 5 rings (SSSR count). The summed E-state index contributed by atoms with van der Waals surface area (Å²) in [7, 11) is 0. The molecule has 7 nitrogen and oxygen atoms in total. The second-order valence-electron chi connectivity index (χ2n) is 10.1. The first-order valence-electron chi connectivity index (χ1n) is 12.7. The Morgan fingerprint density at radius 1 is 1.06 bits per heavy atom. The minimum Gasteiger partial charge on any atom is -0.485 e. The number of fused-ring (bicyclic) bond motifs is 1. The molecule has 0 unspecified atom stereocenters. The van der Waals surface area contributed by atoms with Gasteiger partial charge in [-0.05, 0) is 62.5 Å². The summed E-state index contributed by atoms with van der Waals surface area (Å²) < 4.78 is 20.8. The summed E-state index contributed by atoms with van der Waals surface area (Å²) in [4.78, 5) is 31.5. The summed E-state index contributed by atoms with van der Waals surface area (Å²) in [6.45, 7) is 2.31. The number of primary amides is 1. The van der Waals surface area contributed by atoms with Gasteiger partial charge in [0.05, 0.1) is 12.1 Å². The molecule has 3 heterocycles. The summed E-state index contributed by atoms with van der Waals surface area (Å²) in [6.07, 6.45) is 11.8. The van der Waals surface area contributed by atoms with E-state index in [-0.39, 0.29) is 23.3 Å². The molecule has 2 aromatic rings. The van der Waals surface area contributed by atoms with E-state index in [0.717, 1.165) is 57.2 Å². The number of nitrogens with two attached hydrogens (primary N) is 1. The lowest BCUT2D eigenvalue weighted by molar-refractivity contribution is -0.137. The Balaban J connectivity index is 1.27. The predicted molar refractivity (Wildman–Crippen MR) is 131 cm³/mol. The van der Waals surface area contributed by atoms with Crippen LogP contribution in [0.15, 0.2) is 30.6 Å². The average molecular weight is 481 g/mol. The second-order valence-corrected chi connectivity index (χ2v) is 10.1. The quantitative estimate of drug-likeness (QED) is 0.659. The molecule has 2 amide bonds. The number of pyridine rings is 1. The zero-order valence-electron chi connectivity index (χ0n) is 20.0. The molecule has 1 aliphatic carbocycles. The maximum atomic E-state index is 14.9. The van der Waals surface area contributed by atoms with Crippen LogP contribution in [0.1, 0.15) is 67.3 Å². The molecule has 1 atom stereocenters. The number of benzene rings is 1. The van der Waals surface area contributed by atoms with Crippen LogP contribution >= 0.6 is 0 Å². The number of halogens is 1. The molecule has 1 saturated heterocycles. The summed E-state index contributed by atoms with van der Waals surface area (Å²) in [5, 5.41) is 3.16. The summed E-state index contributed by atoms with van der Waals surface area (Å²) in [5.41, 5.74) is 7.17. The van der Waals surface area contributed by atoms with Crippen molar-refractivity contribution in [1.82, 2.24) is 15.2 Å². The number of piperidine rings is 1. The highest BCUT2D eigenvalue weighted by atomic mass is 19.1. The molecule has 0 radical (unpaired) electrons. The van der Waals surface area contributed by atoms with E-state index in [2.05, 4.69) is 15.2 Å². The third-order valence-electron chi connectivity index (χ3n) is 7.76. The van der Waals surface area contributed by atoms with Gasteiger partial charge >= 0.3 is 0 Å².